The number of hydrogen-bond acceptors (Lipinski definition) is 6. The minimum Gasteiger partial charge on any atom is -0.394 e. The van der Waals surface area contributed by atoms with Crippen molar-refractivity contribution in [3.63, 3.8) is 0 Å². The number of aliphatic hydroxyl groups is 3. The number of aliphatic hydroxyl groups excluding tert-OH is 3. The Hall–Kier alpha value is -1.12. The lowest BCUT2D eigenvalue weighted by Crippen LogP contribution is -2.63. The van der Waals surface area contributed by atoms with Crippen LogP contribution in [-0.4, -0.2) is 57.6 Å². The van der Waals surface area contributed by atoms with Gasteiger partial charge in [-0.15, -0.1) is 0 Å². The summed E-state index contributed by atoms with van der Waals surface area (Å²) < 4.78 is 5.65. The van der Waals surface area contributed by atoms with Gasteiger partial charge in [0.25, 0.3) is 0 Å². The average molecular weight is 327 g/mol. The van der Waals surface area contributed by atoms with Crippen molar-refractivity contribution < 1.29 is 24.9 Å². The predicted octanol–water partition coefficient (Wildman–Crippen LogP) is 0.0308. The molecule has 0 spiro atoms. The summed E-state index contributed by atoms with van der Waals surface area (Å²) in [4.78, 5) is 12.2. The zero-order valence-electron chi connectivity index (χ0n) is 12.5. The number of ether oxygens (including phenoxy) is 1. The van der Waals surface area contributed by atoms with Crippen LogP contribution in [0, 0.1) is 6.92 Å². The van der Waals surface area contributed by atoms with Crippen molar-refractivity contribution >= 4 is 17.7 Å². The van der Waals surface area contributed by atoms with Crippen LogP contribution in [0.1, 0.15) is 12.5 Å². The Morgan fingerprint density at radius 1 is 1.27 bits per heavy atom. The van der Waals surface area contributed by atoms with Gasteiger partial charge in [-0.1, -0.05) is 29.5 Å². The van der Waals surface area contributed by atoms with Crippen LogP contribution < -0.4 is 5.32 Å². The van der Waals surface area contributed by atoms with Crippen LogP contribution in [0.3, 0.4) is 0 Å². The smallest absolute Gasteiger partial charge is 0.217 e. The van der Waals surface area contributed by atoms with E-state index in [-0.39, 0.29) is 5.91 Å². The summed E-state index contributed by atoms with van der Waals surface area (Å²) in [7, 11) is 0. The molecule has 0 radical (unpaired) electrons. The van der Waals surface area contributed by atoms with Gasteiger partial charge in [-0.3, -0.25) is 4.79 Å². The molecule has 1 fully saturated rings. The number of amides is 1. The van der Waals surface area contributed by atoms with Gasteiger partial charge >= 0.3 is 0 Å². The molecule has 1 amide bonds. The normalized spacial score (nSPS) is 31.8. The summed E-state index contributed by atoms with van der Waals surface area (Å²) in [5.41, 5.74) is 0.512. The van der Waals surface area contributed by atoms with Gasteiger partial charge in [0.2, 0.25) is 5.91 Å². The van der Waals surface area contributed by atoms with E-state index in [4.69, 9.17) is 4.74 Å². The van der Waals surface area contributed by atoms with E-state index < -0.39 is 36.4 Å². The fourth-order valence-electron chi connectivity index (χ4n) is 2.32. The van der Waals surface area contributed by atoms with Crippen molar-refractivity contribution in [2.24, 2.45) is 0 Å². The number of aryl methyl sites for hydroxylation is 1. The first-order valence-electron chi connectivity index (χ1n) is 7.05. The van der Waals surface area contributed by atoms with Crippen molar-refractivity contribution in [2.45, 2.75) is 48.5 Å². The van der Waals surface area contributed by atoms with Crippen molar-refractivity contribution in [1.29, 1.82) is 0 Å². The van der Waals surface area contributed by atoms with Crippen LogP contribution >= 0.6 is 11.8 Å². The van der Waals surface area contributed by atoms with E-state index in [9.17, 15) is 20.1 Å². The number of thioether (sulfide) groups is 1. The zero-order valence-corrected chi connectivity index (χ0v) is 13.3. The lowest BCUT2D eigenvalue weighted by molar-refractivity contribution is -0.173. The van der Waals surface area contributed by atoms with E-state index in [1.807, 2.05) is 31.2 Å². The molecule has 22 heavy (non-hydrogen) atoms. The van der Waals surface area contributed by atoms with Crippen molar-refractivity contribution in [2.75, 3.05) is 6.61 Å². The maximum atomic E-state index is 11.3. The Morgan fingerprint density at radius 3 is 2.45 bits per heavy atom. The van der Waals surface area contributed by atoms with Gasteiger partial charge in [-0.05, 0) is 19.1 Å². The molecule has 0 unspecified atom stereocenters. The fourth-order valence-corrected chi connectivity index (χ4v) is 3.46. The summed E-state index contributed by atoms with van der Waals surface area (Å²) in [6, 6.07) is 6.97. The monoisotopic (exact) mass is 327 g/mol. The third-order valence-electron chi connectivity index (χ3n) is 3.52. The summed E-state index contributed by atoms with van der Waals surface area (Å²) >= 11 is 1.33. The second-order valence-corrected chi connectivity index (χ2v) is 6.54. The molecule has 1 aliphatic rings. The number of nitrogens with one attached hydrogen (secondary N) is 1. The molecule has 1 aromatic rings. The second kappa shape index (κ2) is 7.43. The number of rotatable bonds is 4. The van der Waals surface area contributed by atoms with Crippen LogP contribution in [0.5, 0.6) is 0 Å². The minimum absolute atomic E-state index is 0.322. The Labute approximate surface area is 133 Å². The lowest BCUT2D eigenvalue weighted by Gasteiger charge is -2.42. The van der Waals surface area contributed by atoms with E-state index >= 15 is 0 Å². The van der Waals surface area contributed by atoms with Gasteiger partial charge in [-0.25, -0.2) is 0 Å². The molecule has 0 aliphatic carbocycles. The molecule has 2 rings (SSSR count). The van der Waals surface area contributed by atoms with Crippen LogP contribution in [-0.2, 0) is 9.53 Å². The predicted molar refractivity (Wildman–Crippen MR) is 82.4 cm³/mol. The van der Waals surface area contributed by atoms with Gasteiger partial charge in [0.15, 0.2) is 0 Å². The molecule has 5 atom stereocenters. The van der Waals surface area contributed by atoms with Crippen LogP contribution in [0.4, 0.5) is 0 Å². The van der Waals surface area contributed by atoms with Crippen LogP contribution in [0.25, 0.3) is 0 Å². The molecule has 7 heteroatoms. The molecule has 1 saturated heterocycles. The molecule has 4 N–H and O–H groups in total. The number of carbonyl (C=O) groups is 1. The second-order valence-electron chi connectivity index (χ2n) is 5.36. The van der Waals surface area contributed by atoms with E-state index in [1.54, 1.807) is 0 Å². The molecule has 1 heterocycles. The maximum absolute atomic E-state index is 11.3. The standard InChI is InChI=1S/C15H21NO5S/c1-8-3-5-10(6-4-8)22-15-12(16-9(2)18)14(20)13(19)11(7-17)21-15/h3-6,11-15,17,19-20H,7H2,1-2H3,(H,16,18)/t11-,12-,13-,14-,15+/m1/s1. The molecular weight excluding hydrogens is 306 g/mol. The van der Waals surface area contributed by atoms with E-state index in [0.29, 0.717) is 0 Å². The van der Waals surface area contributed by atoms with Crippen LogP contribution in [0.2, 0.25) is 0 Å². The van der Waals surface area contributed by atoms with E-state index in [0.717, 1.165) is 10.5 Å². The van der Waals surface area contributed by atoms with Gasteiger partial charge in [0.05, 0.1) is 12.6 Å². The highest BCUT2D eigenvalue weighted by molar-refractivity contribution is 7.99. The van der Waals surface area contributed by atoms with Gasteiger partial charge in [-0.2, -0.15) is 0 Å². The van der Waals surface area contributed by atoms with E-state index in [1.165, 1.54) is 18.7 Å². The molecule has 0 aromatic heterocycles. The SMILES string of the molecule is CC(=O)N[C@@H]1[C@@H](O)[C@H](O)[C@@H](CO)O[C@H]1Sc1ccc(C)cc1. The van der Waals surface area contributed by atoms with Gasteiger partial charge in [0, 0.05) is 11.8 Å². The lowest BCUT2D eigenvalue weighted by atomic mass is 9.98. The molecule has 6 nitrogen and oxygen atoms in total. The zero-order chi connectivity index (χ0) is 16.3. The highest BCUT2D eigenvalue weighted by atomic mass is 32.2. The molecular formula is C15H21NO5S. The Kier molecular flexibility index (Phi) is 5.82. The van der Waals surface area contributed by atoms with Crippen molar-refractivity contribution in [3.05, 3.63) is 29.8 Å². The summed E-state index contributed by atoms with van der Waals surface area (Å²) in [6.07, 6.45) is -3.35. The highest BCUT2D eigenvalue weighted by Crippen LogP contribution is 2.33. The first-order chi connectivity index (χ1) is 10.4. The molecule has 122 valence electrons. The average Bonchev–Trinajstić information content (AvgIpc) is 2.48. The molecule has 1 aliphatic heterocycles. The molecule has 0 bridgehead atoms. The Morgan fingerprint density at radius 2 is 1.91 bits per heavy atom. The third kappa shape index (κ3) is 3.99. The number of benzene rings is 1. The maximum Gasteiger partial charge on any atom is 0.217 e. The largest absolute Gasteiger partial charge is 0.394 e. The Bertz CT molecular complexity index is 509. The summed E-state index contributed by atoms with van der Waals surface area (Å²) in [5, 5.41) is 32.0. The van der Waals surface area contributed by atoms with Crippen molar-refractivity contribution in [3.8, 4) is 0 Å². The highest BCUT2D eigenvalue weighted by Gasteiger charge is 2.45. The first kappa shape index (κ1) is 17.2. The Balaban J connectivity index is 2.18. The summed E-state index contributed by atoms with van der Waals surface area (Å²) in [6.45, 7) is 2.91. The van der Waals surface area contributed by atoms with Gasteiger partial charge in [0.1, 0.15) is 23.7 Å². The van der Waals surface area contributed by atoms with Gasteiger partial charge < -0.3 is 25.4 Å². The number of hydrogen-bond donors (Lipinski definition) is 4. The van der Waals surface area contributed by atoms with E-state index in [2.05, 4.69) is 5.32 Å². The summed E-state index contributed by atoms with van der Waals surface area (Å²) in [5.74, 6) is -0.322. The minimum atomic E-state index is -1.25. The fraction of sp³-hybridized carbons (Fsp3) is 0.533. The molecule has 0 saturated carbocycles. The number of carbonyl (C=O) groups excluding carboxylic acids is 1. The first-order valence-corrected chi connectivity index (χ1v) is 7.93. The topological polar surface area (TPSA) is 99.0 Å². The quantitative estimate of drug-likeness (QED) is 0.623. The van der Waals surface area contributed by atoms with Crippen LogP contribution in [0.15, 0.2) is 29.2 Å². The third-order valence-corrected chi connectivity index (χ3v) is 4.70. The van der Waals surface area contributed by atoms with Crippen molar-refractivity contribution in [1.82, 2.24) is 5.32 Å². The molecule has 1 aromatic carbocycles.